The topological polar surface area (TPSA) is 118 Å². The van der Waals surface area contributed by atoms with E-state index in [1.54, 1.807) is 4.68 Å². The van der Waals surface area contributed by atoms with Crippen molar-refractivity contribution in [1.82, 2.24) is 20.4 Å². The lowest BCUT2D eigenvalue weighted by molar-refractivity contribution is 0.236. The molecule has 2 aromatic carbocycles. The van der Waals surface area contributed by atoms with Crippen molar-refractivity contribution in [2.45, 2.75) is 39.0 Å². The number of anilines is 1. The van der Waals surface area contributed by atoms with Gasteiger partial charge >= 0.3 is 6.03 Å². The van der Waals surface area contributed by atoms with Gasteiger partial charge in [0.15, 0.2) is 0 Å². The number of ether oxygens (including phenoxy) is 1. The Morgan fingerprint density at radius 1 is 1.09 bits per heavy atom. The number of amides is 2. The first-order valence-electron chi connectivity index (χ1n) is 11.4. The number of nitrogens with two attached hydrogens (primary N) is 1. The Labute approximate surface area is 200 Å². The van der Waals surface area contributed by atoms with Gasteiger partial charge in [0.05, 0.1) is 17.9 Å². The van der Waals surface area contributed by atoms with E-state index >= 15 is 0 Å². The van der Waals surface area contributed by atoms with Crippen LogP contribution in [-0.2, 0) is 11.8 Å². The van der Waals surface area contributed by atoms with Gasteiger partial charge in [-0.1, -0.05) is 51.1 Å². The number of urea groups is 1. The molecule has 0 saturated heterocycles. The van der Waals surface area contributed by atoms with Crippen molar-refractivity contribution in [2.24, 2.45) is 0 Å². The van der Waals surface area contributed by atoms with Gasteiger partial charge in [0.1, 0.15) is 29.8 Å². The molecule has 3 aromatic rings. The number of nitrogen functional groups attached to an aromatic ring is 1. The molecule has 1 aromatic heterocycles. The predicted molar refractivity (Wildman–Crippen MR) is 133 cm³/mol. The van der Waals surface area contributed by atoms with Crippen LogP contribution in [0.3, 0.4) is 0 Å². The number of carbonyl (C=O) groups excluding carboxylic acids is 1. The Balaban J connectivity index is 1.38. The second-order valence-corrected chi connectivity index (χ2v) is 8.98. The highest BCUT2D eigenvalue weighted by atomic mass is 16.5. The molecule has 8 nitrogen and oxygen atoms in total. The van der Waals surface area contributed by atoms with E-state index in [0.717, 1.165) is 11.4 Å². The second-order valence-electron chi connectivity index (χ2n) is 8.98. The summed E-state index contributed by atoms with van der Waals surface area (Å²) in [5.74, 6) is 1.10. The monoisotopic (exact) mass is 460 g/mol. The summed E-state index contributed by atoms with van der Waals surface area (Å²) >= 11 is 0. The first-order chi connectivity index (χ1) is 16.3. The molecule has 2 amide bonds. The largest absolute Gasteiger partial charge is 0.492 e. The van der Waals surface area contributed by atoms with Gasteiger partial charge < -0.3 is 21.1 Å². The second kappa shape index (κ2) is 11.2. The predicted octanol–water partition coefficient (Wildman–Crippen LogP) is 3.93. The highest BCUT2D eigenvalue weighted by Gasteiger charge is 2.16. The van der Waals surface area contributed by atoms with E-state index in [0.29, 0.717) is 49.6 Å². The minimum absolute atomic E-state index is 0.100. The van der Waals surface area contributed by atoms with Crippen LogP contribution < -0.4 is 21.1 Å². The van der Waals surface area contributed by atoms with Gasteiger partial charge in [0.25, 0.3) is 0 Å². The molecule has 0 aliphatic heterocycles. The Morgan fingerprint density at radius 3 is 2.41 bits per heavy atom. The average molecular weight is 461 g/mol. The zero-order valence-corrected chi connectivity index (χ0v) is 20.0. The van der Waals surface area contributed by atoms with Crippen molar-refractivity contribution in [1.29, 1.82) is 5.26 Å². The van der Waals surface area contributed by atoms with E-state index in [9.17, 15) is 10.1 Å². The number of rotatable bonds is 9. The number of para-hydroxylation sites is 1. The molecule has 0 fully saturated rings. The number of hydrogen-bond donors (Lipinski definition) is 3. The minimum atomic E-state index is -0.262. The highest BCUT2D eigenvalue weighted by Crippen LogP contribution is 2.24. The zero-order valence-electron chi connectivity index (χ0n) is 20.0. The third kappa shape index (κ3) is 6.51. The molecule has 1 heterocycles. The van der Waals surface area contributed by atoms with Crippen molar-refractivity contribution in [3.63, 3.8) is 0 Å². The third-order valence-electron chi connectivity index (χ3n) is 5.36. The van der Waals surface area contributed by atoms with E-state index in [1.165, 1.54) is 5.56 Å². The molecule has 0 bridgehead atoms. The van der Waals surface area contributed by atoms with Crippen LogP contribution in [0.15, 0.2) is 54.6 Å². The number of aromatic nitrogens is 2. The number of nitrogens with zero attached hydrogens (tertiary/aromatic N) is 3. The lowest BCUT2D eigenvalue weighted by Gasteiger charge is -2.19. The molecule has 0 atom stereocenters. The fourth-order valence-corrected chi connectivity index (χ4v) is 3.45. The number of aryl methyl sites for hydroxylation is 1. The van der Waals surface area contributed by atoms with Crippen molar-refractivity contribution in [3.05, 3.63) is 71.4 Å². The van der Waals surface area contributed by atoms with Crippen molar-refractivity contribution < 1.29 is 9.53 Å². The van der Waals surface area contributed by atoms with Gasteiger partial charge in [-0.25, -0.2) is 9.48 Å². The molecule has 0 aliphatic rings. The fourth-order valence-electron chi connectivity index (χ4n) is 3.45. The first kappa shape index (κ1) is 24.6. The number of benzene rings is 2. The smallest absolute Gasteiger partial charge is 0.314 e. The summed E-state index contributed by atoms with van der Waals surface area (Å²) in [7, 11) is 0. The zero-order chi connectivity index (χ0) is 24.6. The molecule has 0 unspecified atom stereocenters. The van der Waals surface area contributed by atoms with E-state index in [-0.39, 0.29) is 11.4 Å². The van der Waals surface area contributed by atoms with Crippen LogP contribution in [0.4, 0.5) is 10.6 Å². The van der Waals surface area contributed by atoms with Gasteiger partial charge in [-0.15, -0.1) is 0 Å². The van der Waals surface area contributed by atoms with Gasteiger partial charge in [0, 0.05) is 6.54 Å². The first-order valence-corrected chi connectivity index (χ1v) is 11.4. The molecule has 0 saturated carbocycles. The van der Waals surface area contributed by atoms with Crippen LogP contribution in [0.25, 0.3) is 5.69 Å². The molecule has 34 heavy (non-hydrogen) atoms. The molecule has 178 valence electrons. The molecular weight excluding hydrogens is 428 g/mol. The van der Waals surface area contributed by atoms with E-state index < -0.39 is 0 Å². The summed E-state index contributed by atoms with van der Waals surface area (Å²) in [6, 6.07) is 19.3. The number of nitriles is 1. The SMILES string of the molecule is CC(C)(C)c1ccc(OCCNC(=O)NCCCc2nn(-c3ccccc3)c(N)c2C#N)cc1. The number of nitrogens with one attached hydrogen (secondary N) is 2. The molecule has 0 radical (unpaired) electrons. The Kier molecular flexibility index (Phi) is 8.14. The Hall–Kier alpha value is -3.99. The summed E-state index contributed by atoms with van der Waals surface area (Å²) < 4.78 is 7.26. The molecule has 0 aliphatic carbocycles. The summed E-state index contributed by atoms with van der Waals surface area (Å²) in [6.45, 7) is 7.72. The quantitative estimate of drug-likeness (QED) is 0.418. The summed E-state index contributed by atoms with van der Waals surface area (Å²) in [4.78, 5) is 12.0. The molecular formula is C26H32N6O2. The van der Waals surface area contributed by atoms with E-state index in [4.69, 9.17) is 10.5 Å². The number of carbonyl (C=O) groups is 1. The lowest BCUT2D eigenvalue weighted by atomic mass is 9.87. The van der Waals surface area contributed by atoms with Gasteiger partial charge in [-0.3, -0.25) is 0 Å². The van der Waals surface area contributed by atoms with Crippen LogP contribution in [0.5, 0.6) is 5.75 Å². The van der Waals surface area contributed by atoms with Gasteiger partial charge in [0.2, 0.25) is 0 Å². The Bertz CT molecular complexity index is 1130. The van der Waals surface area contributed by atoms with Crippen molar-refractivity contribution >= 4 is 11.8 Å². The van der Waals surface area contributed by atoms with E-state index in [2.05, 4.69) is 54.7 Å². The average Bonchev–Trinajstić information content (AvgIpc) is 3.15. The Morgan fingerprint density at radius 2 is 1.76 bits per heavy atom. The van der Waals surface area contributed by atoms with Crippen molar-refractivity contribution in [2.75, 3.05) is 25.4 Å². The minimum Gasteiger partial charge on any atom is -0.492 e. The normalized spacial score (nSPS) is 11.0. The molecule has 8 heteroatoms. The molecule has 3 rings (SSSR count). The highest BCUT2D eigenvalue weighted by molar-refractivity contribution is 5.73. The van der Waals surface area contributed by atoms with Crippen LogP contribution in [0.2, 0.25) is 0 Å². The van der Waals surface area contributed by atoms with Gasteiger partial charge in [-0.05, 0) is 48.1 Å². The van der Waals surface area contributed by atoms with Crippen LogP contribution >= 0.6 is 0 Å². The molecule has 0 spiro atoms. The van der Waals surface area contributed by atoms with Crippen LogP contribution in [0.1, 0.15) is 44.0 Å². The van der Waals surface area contributed by atoms with Crippen molar-refractivity contribution in [3.8, 4) is 17.5 Å². The molecule has 4 N–H and O–H groups in total. The maximum absolute atomic E-state index is 12.0. The van der Waals surface area contributed by atoms with Crippen LogP contribution in [-0.4, -0.2) is 35.5 Å². The van der Waals surface area contributed by atoms with E-state index in [1.807, 2.05) is 42.5 Å². The summed E-state index contributed by atoms with van der Waals surface area (Å²) in [5, 5.41) is 19.6. The maximum atomic E-state index is 12.0. The standard InChI is InChI=1S/C26H32N6O2/c1-26(2,3)19-11-13-21(14-12-19)34-17-16-30-25(33)29-15-7-10-23-22(18-27)24(28)32(31-23)20-8-5-4-6-9-20/h4-6,8-9,11-14H,7,10,15-17,28H2,1-3H3,(H2,29,30,33). The van der Waals surface area contributed by atoms with Crippen LogP contribution in [0, 0.1) is 11.3 Å². The number of hydrogen-bond acceptors (Lipinski definition) is 5. The third-order valence-corrected chi connectivity index (χ3v) is 5.36. The summed E-state index contributed by atoms with van der Waals surface area (Å²) in [6.07, 6.45) is 1.16. The summed E-state index contributed by atoms with van der Waals surface area (Å²) in [5.41, 5.74) is 9.26. The fraction of sp³-hybridized carbons (Fsp3) is 0.346. The van der Waals surface area contributed by atoms with Gasteiger partial charge in [-0.2, -0.15) is 10.4 Å². The lowest BCUT2D eigenvalue weighted by Crippen LogP contribution is -2.38. The maximum Gasteiger partial charge on any atom is 0.314 e.